The third kappa shape index (κ3) is 3.37. The molecule has 0 radical (unpaired) electrons. The second-order valence-electron chi connectivity index (χ2n) is 5.09. The van der Waals surface area contributed by atoms with Gasteiger partial charge in [0.05, 0.1) is 6.04 Å². The Balaban J connectivity index is 2.75. The first-order chi connectivity index (χ1) is 7.45. The summed E-state index contributed by atoms with van der Waals surface area (Å²) in [6.45, 7) is 7.88. The van der Waals surface area contributed by atoms with Crippen molar-refractivity contribution in [3.8, 4) is 0 Å². The highest BCUT2D eigenvalue weighted by Crippen LogP contribution is 2.20. The highest BCUT2D eigenvalue weighted by Gasteiger charge is 2.23. The fourth-order valence-corrected chi connectivity index (χ4v) is 1.48. The van der Waals surface area contributed by atoms with E-state index in [0.29, 0.717) is 0 Å². The van der Waals surface area contributed by atoms with Crippen LogP contribution in [0.5, 0.6) is 0 Å². The second-order valence-corrected chi connectivity index (χ2v) is 5.09. The Bertz CT molecular complexity index is 338. The van der Waals surface area contributed by atoms with Gasteiger partial charge in [0.15, 0.2) is 0 Å². The van der Waals surface area contributed by atoms with Crippen LogP contribution in [0.25, 0.3) is 0 Å². The van der Waals surface area contributed by atoms with E-state index in [1.54, 1.807) is 0 Å². The van der Waals surface area contributed by atoms with Gasteiger partial charge in [-0.3, -0.25) is 4.79 Å². The molecule has 1 amide bonds. The van der Waals surface area contributed by atoms with Crippen LogP contribution in [-0.2, 0) is 4.79 Å². The minimum atomic E-state index is -0.331. The minimum absolute atomic E-state index is 0.100. The van der Waals surface area contributed by atoms with Crippen LogP contribution in [-0.4, -0.2) is 5.91 Å². The molecule has 0 bridgehead atoms. The minimum Gasteiger partial charge on any atom is -0.349 e. The molecule has 88 valence electrons. The summed E-state index contributed by atoms with van der Waals surface area (Å²) in [5.74, 6) is 0.100. The van der Waals surface area contributed by atoms with Crippen LogP contribution >= 0.6 is 0 Å². The van der Waals surface area contributed by atoms with Crippen molar-refractivity contribution in [1.82, 2.24) is 5.32 Å². The van der Waals surface area contributed by atoms with E-state index in [4.69, 9.17) is 0 Å². The average molecular weight is 219 g/mol. The molecule has 1 N–H and O–H groups in total. The van der Waals surface area contributed by atoms with Crippen molar-refractivity contribution in [1.29, 1.82) is 0 Å². The van der Waals surface area contributed by atoms with E-state index in [2.05, 4.69) is 24.4 Å². The molecule has 1 aromatic carbocycles. The Morgan fingerprint density at radius 3 is 2.25 bits per heavy atom. The van der Waals surface area contributed by atoms with Gasteiger partial charge in [-0.05, 0) is 12.0 Å². The van der Waals surface area contributed by atoms with Gasteiger partial charge in [-0.1, -0.05) is 58.0 Å². The first-order valence-corrected chi connectivity index (χ1v) is 5.81. The molecular weight excluding hydrogens is 198 g/mol. The van der Waals surface area contributed by atoms with E-state index in [1.165, 1.54) is 5.56 Å². The second kappa shape index (κ2) is 5.15. The van der Waals surface area contributed by atoms with E-state index in [-0.39, 0.29) is 17.4 Å². The standard InChI is InChI=1S/C14H21NO/c1-5-12(11-9-7-6-8-10-11)15-13(16)14(2,3)4/h6-10,12H,5H2,1-4H3,(H,15,16). The quantitative estimate of drug-likeness (QED) is 0.830. The van der Waals surface area contributed by atoms with Crippen molar-refractivity contribution in [3.05, 3.63) is 35.9 Å². The Morgan fingerprint density at radius 1 is 1.25 bits per heavy atom. The Hall–Kier alpha value is -1.31. The van der Waals surface area contributed by atoms with E-state index in [1.807, 2.05) is 39.0 Å². The summed E-state index contributed by atoms with van der Waals surface area (Å²) < 4.78 is 0. The van der Waals surface area contributed by atoms with Gasteiger partial charge < -0.3 is 5.32 Å². The molecule has 0 spiro atoms. The maximum absolute atomic E-state index is 11.9. The molecule has 2 heteroatoms. The van der Waals surface area contributed by atoms with E-state index in [0.717, 1.165) is 6.42 Å². The van der Waals surface area contributed by atoms with Crippen molar-refractivity contribution >= 4 is 5.91 Å². The molecule has 0 heterocycles. The molecule has 1 rings (SSSR count). The molecule has 0 aliphatic carbocycles. The van der Waals surface area contributed by atoms with Crippen molar-refractivity contribution in [2.24, 2.45) is 5.41 Å². The van der Waals surface area contributed by atoms with Gasteiger partial charge >= 0.3 is 0 Å². The summed E-state index contributed by atoms with van der Waals surface area (Å²) >= 11 is 0. The maximum atomic E-state index is 11.9. The number of carbonyl (C=O) groups excluding carboxylic acids is 1. The van der Waals surface area contributed by atoms with Gasteiger partial charge in [0.1, 0.15) is 0 Å². The fraction of sp³-hybridized carbons (Fsp3) is 0.500. The highest BCUT2D eigenvalue weighted by molar-refractivity contribution is 5.81. The van der Waals surface area contributed by atoms with Crippen LogP contribution in [0.3, 0.4) is 0 Å². The predicted octanol–water partition coefficient (Wildman–Crippen LogP) is 3.30. The lowest BCUT2D eigenvalue weighted by atomic mass is 9.94. The van der Waals surface area contributed by atoms with Crippen molar-refractivity contribution in [3.63, 3.8) is 0 Å². The van der Waals surface area contributed by atoms with Crippen LogP contribution in [0.2, 0.25) is 0 Å². The number of hydrogen-bond donors (Lipinski definition) is 1. The summed E-state index contributed by atoms with van der Waals surface area (Å²) in [6.07, 6.45) is 0.909. The van der Waals surface area contributed by atoms with Crippen LogP contribution in [0.4, 0.5) is 0 Å². The number of carbonyl (C=O) groups is 1. The number of nitrogens with one attached hydrogen (secondary N) is 1. The van der Waals surface area contributed by atoms with E-state index >= 15 is 0 Å². The lowest BCUT2D eigenvalue weighted by molar-refractivity contribution is -0.129. The lowest BCUT2D eigenvalue weighted by Crippen LogP contribution is -2.37. The van der Waals surface area contributed by atoms with E-state index in [9.17, 15) is 4.79 Å². The summed E-state index contributed by atoms with van der Waals surface area (Å²) in [4.78, 5) is 11.9. The Morgan fingerprint density at radius 2 is 1.81 bits per heavy atom. The Kier molecular flexibility index (Phi) is 4.11. The molecule has 0 fully saturated rings. The normalized spacial score (nSPS) is 13.2. The van der Waals surface area contributed by atoms with Crippen LogP contribution in [0.1, 0.15) is 45.7 Å². The third-order valence-electron chi connectivity index (χ3n) is 2.60. The third-order valence-corrected chi connectivity index (χ3v) is 2.60. The molecular formula is C14H21NO. The molecule has 0 saturated carbocycles. The first-order valence-electron chi connectivity index (χ1n) is 5.81. The smallest absolute Gasteiger partial charge is 0.225 e. The fourth-order valence-electron chi connectivity index (χ4n) is 1.48. The zero-order valence-corrected chi connectivity index (χ0v) is 10.6. The van der Waals surface area contributed by atoms with Gasteiger partial charge in [-0.2, -0.15) is 0 Å². The SMILES string of the molecule is CCC(NC(=O)C(C)(C)C)c1ccccc1. The molecule has 0 aromatic heterocycles. The zero-order valence-electron chi connectivity index (χ0n) is 10.6. The van der Waals surface area contributed by atoms with Crippen molar-refractivity contribution < 1.29 is 4.79 Å². The molecule has 2 nitrogen and oxygen atoms in total. The lowest BCUT2D eigenvalue weighted by Gasteiger charge is -2.23. The van der Waals surface area contributed by atoms with E-state index < -0.39 is 0 Å². The highest BCUT2D eigenvalue weighted by atomic mass is 16.2. The molecule has 1 unspecified atom stereocenters. The first kappa shape index (κ1) is 12.8. The van der Waals surface area contributed by atoms with Crippen LogP contribution < -0.4 is 5.32 Å². The van der Waals surface area contributed by atoms with Gasteiger partial charge in [0.2, 0.25) is 5.91 Å². The van der Waals surface area contributed by atoms with Gasteiger partial charge in [-0.25, -0.2) is 0 Å². The summed E-state index contributed by atoms with van der Waals surface area (Å²) in [7, 11) is 0. The summed E-state index contributed by atoms with van der Waals surface area (Å²) in [6, 6.07) is 10.2. The summed E-state index contributed by atoms with van der Waals surface area (Å²) in [5.41, 5.74) is 0.838. The van der Waals surface area contributed by atoms with Gasteiger partial charge in [-0.15, -0.1) is 0 Å². The van der Waals surface area contributed by atoms with Crippen LogP contribution in [0.15, 0.2) is 30.3 Å². The molecule has 0 saturated heterocycles. The molecule has 1 aromatic rings. The number of rotatable bonds is 3. The molecule has 16 heavy (non-hydrogen) atoms. The number of amides is 1. The van der Waals surface area contributed by atoms with Gasteiger partial charge in [0, 0.05) is 5.41 Å². The van der Waals surface area contributed by atoms with Crippen molar-refractivity contribution in [2.75, 3.05) is 0 Å². The Labute approximate surface area is 98.1 Å². The molecule has 0 aliphatic rings. The molecule has 0 aliphatic heterocycles. The number of hydrogen-bond acceptors (Lipinski definition) is 1. The van der Waals surface area contributed by atoms with Crippen molar-refractivity contribution in [2.45, 2.75) is 40.2 Å². The average Bonchev–Trinajstić information content (AvgIpc) is 2.25. The topological polar surface area (TPSA) is 29.1 Å². The predicted molar refractivity (Wildman–Crippen MR) is 67.1 cm³/mol. The largest absolute Gasteiger partial charge is 0.349 e. The monoisotopic (exact) mass is 219 g/mol. The zero-order chi connectivity index (χ0) is 12.2. The summed E-state index contributed by atoms with van der Waals surface area (Å²) in [5, 5.41) is 3.08. The molecule has 1 atom stereocenters. The maximum Gasteiger partial charge on any atom is 0.225 e. The van der Waals surface area contributed by atoms with Gasteiger partial charge in [0.25, 0.3) is 0 Å². The van der Waals surface area contributed by atoms with Crippen LogP contribution in [0, 0.1) is 5.41 Å². The number of benzene rings is 1.